The topological polar surface area (TPSA) is 42.0 Å². The summed E-state index contributed by atoms with van der Waals surface area (Å²) in [7, 11) is 0. The lowest BCUT2D eigenvalue weighted by Crippen LogP contribution is -2.23. The van der Waals surface area contributed by atoms with E-state index < -0.39 is 0 Å². The fourth-order valence-electron chi connectivity index (χ4n) is 1.96. The summed E-state index contributed by atoms with van der Waals surface area (Å²) in [5, 5.41) is 5.99. The van der Waals surface area contributed by atoms with Gasteiger partial charge in [0, 0.05) is 13.0 Å². The van der Waals surface area contributed by atoms with Crippen LogP contribution in [0.5, 0.6) is 0 Å². The standard InChI is InChI=1S/C15H14N2OS2/c18-15(13-7-4-10-19-13)16-9-3-8-14-17-11-5-1-2-6-12(11)20-14/h1-2,4-7,10H,3,8-9H2,(H,16,18). The molecule has 0 radical (unpaired) electrons. The molecule has 3 nitrogen and oxygen atoms in total. The van der Waals surface area contributed by atoms with Crippen LogP contribution in [0.2, 0.25) is 0 Å². The molecule has 3 aromatic rings. The molecule has 0 saturated heterocycles. The smallest absolute Gasteiger partial charge is 0.261 e. The van der Waals surface area contributed by atoms with E-state index in [4.69, 9.17) is 0 Å². The Balaban J connectivity index is 1.49. The Kier molecular flexibility index (Phi) is 4.08. The molecule has 0 aliphatic rings. The molecule has 0 bridgehead atoms. The van der Waals surface area contributed by atoms with Crippen LogP contribution in [0.3, 0.4) is 0 Å². The number of fused-ring (bicyclic) bond motifs is 1. The second kappa shape index (κ2) is 6.15. The summed E-state index contributed by atoms with van der Waals surface area (Å²) >= 11 is 3.20. The molecule has 5 heteroatoms. The van der Waals surface area contributed by atoms with Crippen LogP contribution in [-0.2, 0) is 6.42 Å². The Morgan fingerprint density at radius 1 is 1.20 bits per heavy atom. The van der Waals surface area contributed by atoms with Crippen molar-refractivity contribution >= 4 is 38.8 Å². The maximum absolute atomic E-state index is 11.7. The average Bonchev–Trinajstić information content (AvgIpc) is 3.11. The highest BCUT2D eigenvalue weighted by molar-refractivity contribution is 7.18. The van der Waals surface area contributed by atoms with Gasteiger partial charge in [-0.15, -0.1) is 22.7 Å². The Morgan fingerprint density at radius 2 is 2.10 bits per heavy atom. The van der Waals surface area contributed by atoms with Gasteiger partial charge in [0.15, 0.2) is 0 Å². The van der Waals surface area contributed by atoms with E-state index in [1.807, 2.05) is 35.7 Å². The van der Waals surface area contributed by atoms with Crippen LogP contribution in [0.1, 0.15) is 21.1 Å². The molecule has 0 unspecified atom stereocenters. The van der Waals surface area contributed by atoms with E-state index in [1.165, 1.54) is 16.0 Å². The van der Waals surface area contributed by atoms with Crippen LogP contribution in [0.15, 0.2) is 41.8 Å². The van der Waals surface area contributed by atoms with Crippen LogP contribution in [0.25, 0.3) is 10.2 Å². The molecule has 0 saturated carbocycles. The number of hydrogen-bond acceptors (Lipinski definition) is 4. The molecule has 20 heavy (non-hydrogen) atoms. The van der Waals surface area contributed by atoms with Gasteiger partial charge in [-0.1, -0.05) is 18.2 Å². The Bertz CT molecular complexity index is 671. The summed E-state index contributed by atoms with van der Waals surface area (Å²) in [5.41, 5.74) is 1.06. The quantitative estimate of drug-likeness (QED) is 0.730. The van der Waals surface area contributed by atoms with E-state index >= 15 is 0 Å². The van der Waals surface area contributed by atoms with E-state index in [-0.39, 0.29) is 5.91 Å². The molecule has 102 valence electrons. The molecule has 0 spiro atoms. The van der Waals surface area contributed by atoms with Crippen LogP contribution >= 0.6 is 22.7 Å². The van der Waals surface area contributed by atoms with Gasteiger partial charge in [0.2, 0.25) is 0 Å². The largest absolute Gasteiger partial charge is 0.351 e. The lowest BCUT2D eigenvalue weighted by Gasteiger charge is -2.01. The number of aromatic nitrogens is 1. The van der Waals surface area contributed by atoms with Gasteiger partial charge in [0.25, 0.3) is 5.91 Å². The second-order valence-electron chi connectivity index (χ2n) is 4.41. The number of nitrogens with zero attached hydrogens (tertiary/aromatic N) is 1. The Hall–Kier alpha value is -1.72. The van der Waals surface area contributed by atoms with Crippen molar-refractivity contribution in [3.8, 4) is 0 Å². The number of benzene rings is 1. The van der Waals surface area contributed by atoms with Crippen molar-refractivity contribution in [1.82, 2.24) is 10.3 Å². The summed E-state index contributed by atoms with van der Waals surface area (Å²) in [5.74, 6) is 0.0179. The van der Waals surface area contributed by atoms with Crippen molar-refractivity contribution in [2.24, 2.45) is 0 Å². The van der Waals surface area contributed by atoms with Gasteiger partial charge in [-0.2, -0.15) is 0 Å². The first kappa shape index (κ1) is 13.3. The van der Waals surface area contributed by atoms with Crippen LogP contribution in [0.4, 0.5) is 0 Å². The average molecular weight is 302 g/mol. The summed E-state index contributed by atoms with van der Waals surface area (Å²) in [4.78, 5) is 17.1. The summed E-state index contributed by atoms with van der Waals surface area (Å²) in [6.07, 6.45) is 1.82. The first-order valence-corrected chi connectivity index (χ1v) is 8.19. The number of rotatable bonds is 5. The lowest BCUT2D eigenvalue weighted by atomic mass is 10.3. The fourth-order valence-corrected chi connectivity index (χ4v) is 3.61. The zero-order valence-electron chi connectivity index (χ0n) is 10.8. The monoisotopic (exact) mass is 302 g/mol. The third kappa shape index (κ3) is 3.05. The molecule has 0 atom stereocenters. The zero-order chi connectivity index (χ0) is 13.8. The number of aryl methyl sites for hydroxylation is 1. The number of thiophene rings is 1. The predicted molar refractivity (Wildman–Crippen MR) is 84.6 cm³/mol. The van der Waals surface area contributed by atoms with Crippen molar-refractivity contribution in [2.45, 2.75) is 12.8 Å². The third-order valence-corrected chi connectivity index (χ3v) is 4.90. The predicted octanol–water partition coefficient (Wildman–Crippen LogP) is 3.72. The first-order chi connectivity index (χ1) is 9.83. The van der Waals surface area contributed by atoms with Gasteiger partial charge >= 0.3 is 0 Å². The normalized spacial score (nSPS) is 10.8. The van der Waals surface area contributed by atoms with Crippen molar-refractivity contribution in [3.63, 3.8) is 0 Å². The zero-order valence-corrected chi connectivity index (χ0v) is 12.5. The van der Waals surface area contributed by atoms with Crippen molar-refractivity contribution < 1.29 is 4.79 Å². The van der Waals surface area contributed by atoms with E-state index in [1.54, 1.807) is 11.3 Å². The molecule has 2 aromatic heterocycles. The lowest BCUT2D eigenvalue weighted by molar-refractivity contribution is 0.0957. The Morgan fingerprint density at radius 3 is 2.90 bits per heavy atom. The number of carbonyl (C=O) groups is 1. The van der Waals surface area contributed by atoms with E-state index in [0.717, 1.165) is 28.2 Å². The first-order valence-electron chi connectivity index (χ1n) is 6.49. The third-order valence-electron chi connectivity index (χ3n) is 2.94. The molecule has 1 aromatic carbocycles. The molecule has 0 aliphatic heterocycles. The minimum Gasteiger partial charge on any atom is -0.351 e. The van der Waals surface area contributed by atoms with E-state index in [9.17, 15) is 4.79 Å². The minimum absolute atomic E-state index is 0.0179. The molecule has 0 aliphatic carbocycles. The van der Waals surface area contributed by atoms with Crippen molar-refractivity contribution in [3.05, 3.63) is 51.7 Å². The number of thiazole rings is 1. The highest BCUT2D eigenvalue weighted by Gasteiger charge is 2.06. The molecular formula is C15H14N2OS2. The molecule has 1 N–H and O–H groups in total. The van der Waals surface area contributed by atoms with E-state index in [0.29, 0.717) is 6.54 Å². The molecule has 0 fully saturated rings. The highest BCUT2D eigenvalue weighted by atomic mass is 32.1. The van der Waals surface area contributed by atoms with Gasteiger partial charge in [-0.25, -0.2) is 4.98 Å². The van der Waals surface area contributed by atoms with Gasteiger partial charge in [-0.3, -0.25) is 4.79 Å². The number of carbonyl (C=O) groups excluding carboxylic acids is 1. The number of nitrogens with one attached hydrogen (secondary N) is 1. The summed E-state index contributed by atoms with van der Waals surface area (Å²) < 4.78 is 1.23. The van der Waals surface area contributed by atoms with Crippen LogP contribution in [-0.4, -0.2) is 17.4 Å². The minimum atomic E-state index is 0.0179. The Labute approximate surface area is 125 Å². The number of hydrogen-bond donors (Lipinski definition) is 1. The fraction of sp³-hybridized carbons (Fsp3) is 0.200. The SMILES string of the molecule is O=C(NCCCc1nc2ccccc2s1)c1cccs1. The highest BCUT2D eigenvalue weighted by Crippen LogP contribution is 2.22. The van der Waals surface area contributed by atoms with Crippen molar-refractivity contribution in [2.75, 3.05) is 6.54 Å². The van der Waals surface area contributed by atoms with Gasteiger partial charge in [-0.05, 0) is 30.0 Å². The second-order valence-corrected chi connectivity index (χ2v) is 6.47. The summed E-state index contributed by atoms with van der Waals surface area (Å²) in [6, 6.07) is 11.9. The van der Waals surface area contributed by atoms with Gasteiger partial charge < -0.3 is 5.32 Å². The van der Waals surface area contributed by atoms with Gasteiger partial charge in [0.05, 0.1) is 20.1 Å². The number of amides is 1. The van der Waals surface area contributed by atoms with E-state index in [2.05, 4.69) is 16.4 Å². The maximum Gasteiger partial charge on any atom is 0.261 e. The maximum atomic E-state index is 11.7. The molecule has 3 rings (SSSR count). The molecule has 2 heterocycles. The van der Waals surface area contributed by atoms with Crippen LogP contribution in [0, 0.1) is 0 Å². The van der Waals surface area contributed by atoms with Crippen LogP contribution < -0.4 is 5.32 Å². The molecular weight excluding hydrogens is 288 g/mol. The molecule has 1 amide bonds. The van der Waals surface area contributed by atoms with Crippen molar-refractivity contribution in [1.29, 1.82) is 0 Å². The van der Waals surface area contributed by atoms with Gasteiger partial charge in [0.1, 0.15) is 0 Å². The summed E-state index contributed by atoms with van der Waals surface area (Å²) in [6.45, 7) is 0.687. The number of para-hydroxylation sites is 1.